The van der Waals surface area contributed by atoms with Gasteiger partial charge in [-0.3, -0.25) is 14.4 Å². The van der Waals surface area contributed by atoms with Crippen LogP contribution in [0.2, 0.25) is 0 Å². The van der Waals surface area contributed by atoms with Gasteiger partial charge < -0.3 is 30.7 Å². The highest BCUT2D eigenvalue weighted by Gasteiger charge is 2.49. The van der Waals surface area contributed by atoms with Gasteiger partial charge in [0.25, 0.3) is 0 Å². The van der Waals surface area contributed by atoms with E-state index in [2.05, 4.69) is 5.32 Å². The van der Waals surface area contributed by atoms with Gasteiger partial charge in [-0.15, -0.1) is 0 Å². The van der Waals surface area contributed by atoms with Gasteiger partial charge in [-0.05, 0) is 52.0 Å². The Bertz CT molecular complexity index is 1030. The molecule has 37 heavy (non-hydrogen) atoms. The molecule has 3 rings (SSSR count). The second-order valence-electron chi connectivity index (χ2n) is 10.6. The number of nitrogens with zero attached hydrogens (tertiary/aromatic N) is 2. The molecule has 2 saturated heterocycles. The molecule has 0 aliphatic carbocycles. The van der Waals surface area contributed by atoms with Crippen LogP contribution in [0.5, 0.6) is 0 Å². The number of primary amides is 1. The Morgan fingerprint density at radius 1 is 1.11 bits per heavy atom. The number of amides is 4. The van der Waals surface area contributed by atoms with Gasteiger partial charge in [0.1, 0.15) is 17.7 Å². The maximum Gasteiger partial charge on any atom is 0.410 e. The Kier molecular flexibility index (Phi) is 8.45. The van der Waals surface area contributed by atoms with Crippen molar-refractivity contribution in [2.75, 3.05) is 19.6 Å². The van der Waals surface area contributed by atoms with Crippen LogP contribution >= 0.6 is 0 Å². The van der Waals surface area contributed by atoms with Crippen LogP contribution in [0.1, 0.15) is 58.4 Å². The predicted octanol–water partition coefficient (Wildman–Crippen LogP) is 1.39. The quantitative estimate of drug-likeness (QED) is 0.494. The maximum absolute atomic E-state index is 14.2. The number of carbonyl (C=O) groups is 5. The zero-order chi connectivity index (χ0) is 27.4. The Morgan fingerprint density at radius 2 is 1.73 bits per heavy atom. The normalized spacial score (nSPS) is 20.1. The topological polar surface area (TPSA) is 159 Å². The third-order valence-corrected chi connectivity index (χ3v) is 6.84. The van der Waals surface area contributed by atoms with Crippen LogP contribution in [0.25, 0.3) is 0 Å². The summed E-state index contributed by atoms with van der Waals surface area (Å²) in [6.45, 7) is 6.34. The number of nitrogens with two attached hydrogens (primary N) is 1. The molecule has 2 heterocycles. The van der Waals surface area contributed by atoms with Crippen molar-refractivity contribution in [3.63, 3.8) is 0 Å². The van der Waals surface area contributed by atoms with E-state index in [0.717, 1.165) is 5.56 Å². The number of hydrogen-bond donors (Lipinski definition) is 3. The van der Waals surface area contributed by atoms with Crippen LogP contribution in [0.3, 0.4) is 0 Å². The number of hydrogen-bond acceptors (Lipinski definition) is 6. The fourth-order valence-electron chi connectivity index (χ4n) is 5.01. The molecule has 1 aromatic rings. The molecule has 11 nitrogen and oxygen atoms in total. The highest BCUT2D eigenvalue weighted by atomic mass is 16.6. The summed E-state index contributed by atoms with van der Waals surface area (Å²) >= 11 is 0. The van der Waals surface area contributed by atoms with Crippen molar-refractivity contribution in [3.05, 3.63) is 35.9 Å². The van der Waals surface area contributed by atoms with E-state index < -0.39 is 53.4 Å². The summed E-state index contributed by atoms with van der Waals surface area (Å²) in [5, 5.41) is 11.7. The molecule has 2 atom stereocenters. The summed E-state index contributed by atoms with van der Waals surface area (Å²) in [6.07, 6.45) is 0.658. The van der Waals surface area contributed by atoms with E-state index in [-0.39, 0.29) is 5.91 Å². The summed E-state index contributed by atoms with van der Waals surface area (Å²) in [5.74, 6) is -3.10. The molecule has 1 aromatic carbocycles. The van der Waals surface area contributed by atoms with Crippen molar-refractivity contribution >= 4 is 29.8 Å². The van der Waals surface area contributed by atoms with Gasteiger partial charge in [-0.25, -0.2) is 9.59 Å². The number of carboxylic acid groups (broad SMARTS) is 1. The minimum absolute atomic E-state index is 0.234. The standard InChI is InChI=1S/C26H36N4O7/c1-25(2,3)37-24(36)29-14-11-26(12-15-29,17-8-5-4-6-9-17)23(35)30-13-7-10-19(30)21(32)28-18(22(33)34)16-20(27)31/h4-6,8-9,18-19H,7,10-16H2,1-3H3,(H2,27,31)(H,28,32)(H,33,34)/t18-,19+/m1/s1. The van der Waals surface area contributed by atoms with E-state index in [1.54, 1.807) is 25.7 Å². The molecule has 0 unspecified atom stereocenters. The van der Waals surface area contributed by atoms with E-state index in [9.17, 15) is 29.1 Å². The van der Waals surface area contributed by atoms with E-state index in [1.807, 2.05) is 30.3 Å². The molecule has 2 aliphatic rings. The molecule has 0 spiro atoms. The number of carboxylic acids is 1. The lowest BCUT2D eigenvalue weighted by molar-refractivity contribution is -0.147. The van der Waals surface area contributed by atoms with Crippen molar-refractivity contribution in [3.8, 4) is 0 Å². The SMILES string of the molecule is CC(C)(C)OC(=O)N1CCC(C(=O)N2CCC[C@H]2C(=O)N[C@H](CC(N)=O)C(=O)O)(c2ccccc2)CC1. The Hall–Kier alpha value is -3.63. The van der Waals surface area contributed by atoms with Crippen molar-refractivity contribution < 1.29 is 33.8 Å². The monoisotopic (exact) mass is 516 g/mol. The Labute approximate surface area is 216 Å². The molecule has 11 heteroatoms. The van der Waals surface area contributed by atoms with Crippen molar-refractivity contribution in [2.45, 2.75) is 76.0 Å². The van der Waals surface area contributed by atoms with Crippen molar-refractivity contribution in [1.82, 2.24) is 15.1 Å². The first-order chi connectivity index (χ1) is 17.3. The summed E-state index contributed by atoms with van der Waals surface area (Å²) in [7, 11) is 0. The molecule has 2 aliphatic heterocycles. The number of benzene rings is 1. The number of ether oxygens (including phenoxy) is 1. The first-order valence-corrected chi connectivity index (χ1v) is 12.5. The number of likely N-dealkylation sites (tertiary alicyclic amines) is 2. The molecular formula is C26H36N4O7. The van der Waals surface area contributed by atoms with Crippen molar-refractivity contribution in [1.29, 1.82) is 0 Å². The second kappa shape index (κ2) is 11.2. The fraction of sp³-hybridized carbons (Fsp3) is 0.577. The Balaban J connectivity index is 1.83. The first-order valence-electron chi connectivity index (χ1n) is 12.5. The molecule has 2 fully saturated rings. The van der Waals surface area contributed by atoms with Gasteiger partial charge in [0.15, 0.2) is 0 Å². The smallest absolute Gasteiger partial charge is 0.410 e. The molecule has 0 bridgehead atoms. The van der Waals surface area contributed by atoms with E-state index in [0.29, 0.717) is 45.3 Å². The molecule has 0 aromatic heterocycles. The van der Waals surface area contributed by atoms with Crippen LogP contribution in [0.4, 0.5) is 4.79 Å². The molecular weight excluding hydrogens is 480 g/mol. The minimum atomic E-state index is -1.47. The largest absolute Gasteiger partial charge is 0.480 e. The summed E-state index contributed by atoms with van der Waals surface area (Å²) in [5.41, 5.74) is 4.33. The number of aliphatic carboxylic acids is 1. The van der Waals surface area contributed by atoms with Crippen LogP contribution in [-0.4, -0.2) is 82.0 Å². The van der Waals surface area contributed by atoms with Crippen LogP contribution in [-0.2, 0) is 29.3 Å². The summed E-state index contributed by atoms with van der Waals surface area (Å²) in [6, 6.07) is 6.96. The van der Waals surface area contributed by atoms with Gasteiger partial charge in [-0.2, -0.15) is 0 Å². The average molecular weight is 517 g/mol. The lowest BCUT2D eigenvalue weighted by Crippen LogP contribution is -2.58. The maximum atomic E-state index is 14.2. The number of rotatable bonds is 7. The highest BCUT2D eigenvalue weighted by Crippen LogP contribution is 2.39. The zero-order valence-corrected chi connectivity index (χ0v) is 21.6. The van der Waals surface area contributed by atoms with E-state index in [4.69, 9.17) is 10.5 Å². The first kappa shape index (κ1) is 27.9. The molecule has 4 amide bonds. The number of carbonyl (C=O) groups excluding carboxylic acids is 4. The summed E-state index contributed by atoms with van der Waals surface area (Å²) in [4.78, 5) is 65.7. The van der Waals surface area contributed by atoms with E-state index in [1.165, 1.54) is 4.90 Å². The lowest BCUT2D eigenvalue weighted by atomic mass is 9.71. The van der Waals surface area contributed by atoms with Gasteiger partial charge in [-0.1, -0.05) is 30.3 Å². The molecule has 0 radical (unpaired) electrons. The van der Waals surface area contributed by atoms with Crippen molar-refractivity contribution in [2.24, 2.45) is 5.73 Å². The van der Waals surface area contributed by atoms with Gasteiger partial charge in [0.05, 0.1) is 11.8 Å². The third kappa shape index (κ3) is 6.58. The molecule has 0 saturated carbocycles. The Morgan fingerprint density at radius 3 is 2.27 bits per heavy atom. The average Bonchev–Trinajstić information content (AvgIpc) is 3.32. The molecule has 4 N–H and O–H groups in total. The molecule has 202 valence electrons. The fourth-order valence-corrected chi connectivity index (χ4v) is 5.01. The zero-order valence-electron chi connectivity index (χ0n) is 21.6. The summed E-state index contributed by atoms with van der Waals surface area (Å²) < 4.78 is 5.50. The van der Waals surface area contributed by atoms with Crippen LogP contribution < -0.4 is 11.1 Å². The predicted molar refractivity (Wildman–Crippen MR) is 133 cm³/mol. The highest BCUT2D eigenvalue weighted by molar-refractivity contribution is 5.95. The van der Waals surface area contributed by atoms with Gasteiger partial charge in [0, 0.05) is 19.6 Å². The van der Waals surface area contributed by atoms with Gasteiger partial charge in [0.2, 0.25) is 17.7 Å². The van der Waals surface area contributed by atoms with Crippen LogP contribution in [0, 0.1) is 0 Å². The third-order valence-electron chi connectivity index (χ3n) is 6.84. The van der Waals surface area contributed by atoms with Crippen LogP contribution in [0.15, 0.2) is 30.3 Å². The number of nitrogens with one attached hydrogen (secondary N) is 1. The van der Waals surface area contributed by atoms with E-state index >= 15 is 0 Å². The minimum Gasteiger partial charge on any atom is -0.480 e. The van der Waals surface area contributed by atoms with Gasteiger partial charge >= 0.3 is 12.1 Å². The lowest BCUT2D eigenvalue weighted by Gasteiger charge is -2.43. The number of piperidine rings is 1. The second-order valence-corrected chi connectivity index (χ2v) is 10.6.